The van der Waals surface area contributed by atoms with Crippen LogP contribution < -0.4 is 4.74 Å². The number of unbranched alkanes of at least 4 members (excludes halogenated alkanes) is 1. The van der Waals surface area contributed by atoms with Crippen LogP contribution in [0, 0.1) is 0 Å². The average molecular weight is 346 g/mol. The van der Waals surface area contributed by atoms with E-state index in [9.17, 15) is 4.79 Å². The number of ether oxygens (including phenoxy) is 1. The first-order valence-corrected chi connectivity index (χ1v) is 7.01. The van der Waals surface area contributed by atoms with E-state index in [4.69, 9.17) is 56.2 Å². The van der Waals surface area contributed by atoms with Crippen LogP contribution in [0.3, 0.4) is 0 Å². The summed E-state index contributed by atoms with van der Waals surface area (Å²) < 4.78 is 5.04. The maximum absolute atomic E-state index is 10.4. The van der Waals surface area contributed by atoms with E-state index in [1.54, 1.807) is 0 Å². The normalized spacial score (nSPS) is 10.6. The number of carbonyl (C=O) groups is 1. The van der Waals surface area contributed by atoms with Crippen molar-refractivity contribution in [3.63, 3.8) is 0 Å². The summed E-state index contributed by atoms with van der Waals surface area (Å²) in [7, 11) is 1.42. The molecule has 1 aromatic rings. The summed E-state index contributed by atoms with van der Waals surface area (Å²) in [5.41, 5.74) is 0.615. The van der Waals surface area contributed by atoms with Crippen molar-refractivity contribution in [3.05, 3.63) is 25.7 Å². The maximum Gasteiger partial charge on any atom is 0.303 e. The second kappa shape index (κ2) is 7.44. The van der Waals surface area contributed by atoms with Gasteiger partial charge in [0.15, 0.2) is 5.75 Å². The van der Waals surface area contributed by atoms with E-state index in [1.807, 2.05) is 0 Å². The second-order valence-electron chi connectivity index (χ2n) is 3.87. The molecular weight excluding hydrogens is 334 g/mol. The largest absolute Gasteiger partial charge is 0.494 e. The summed E-state index contributed by atoms with van der Waals surface area (Å²) in [6.45, 7) is 0. The third-order valence-electron chi connectivity index (χ3n) is 2.59. The minimum Gasteiger partial charge on any atom is -0.494 e. The van der Waals surface area contributed by atoms with Gasteiger partial charge in [-0.2, -0.15) is 0 Å². The van der Waals surface area contributed by atoms with Gasteiger partial charge in [0, 0.05) is 6.42 Å². The predicted molar refractivity (Wildman–Crippen MR) is 78.2 cm³/mol. The van der Waals surface area contributed by atoms with Gasteiger partial charge in [-0.15, -0.1) is 0 Å². The Morgan fingerprint density at radius 2 is 1.58 bits per heavy atom. The van der Waals surface area contributed by atoms with Crippen LogP contribution in [0.1, 0.15) is 24.8 Å². The Hall–Kier alpha value is -0.350. The first-order chi connectivity index (χ1) is 8.90. The molecule has 3 nitrogen and oxygen atoms in total. The van der Waals surface area contributed by atoms with Crippen molar-refractivity contribution >= 4 is 52.4 Å². The summed E-state index contributed by atoms with van der Waals surface area (Å²) in [5, 5.41) is 9.58. The molecular formula is C12H12Cl4O3. The molecule has 0 fully saturated rings. The van der Waals surface area contributed by atoms with Crippen LogP contribution in [0.15, 0.2) is 0 Å². The molecule has 0 heterocycles. The lowest BCUT2D eigenvalue weighted by molar-refractivity contribution is -0.137. The fourth-order valence-corrected chi connectivity index (χ4v) is 2.85. The lowest BCUT2D eigenvalue weighted by Crippen LogP contribution is -1.97. The lowest BCUT2D eigenvalue weighted by Gasteiger charge is -2.14. The van der Waals surface area contributed by atoms with Crippen molar-refractivity contribution < 1.29 is 14.6 Å². The monoisotopic (exact) mass is 344 g/mol. The second-order valence-corrected chi connectivity index (χ2v) is 5.38. The molecule has 19 heavy (non-hydrogen) atoms. The van der Waals surface area contributed by atoms with Crippen LogP contribution in [-0.2, 0) is 11.2 Å². The van der Waals surface area contributed by atoms with E-state index < -0.39 is 5.97 Å². The molecule has 0 unspecified atom stereocenters. The molecule has 0 bridgehead atoms. The van der Waals surface area contributed by atoms with Crippen molar-refractivity contribution in [2.45, 2.75) is 25.7 Å². The van der Waals surface area contributed by atoms with Gasteiger partial charge in [-0.05, 0) is 24.8 Å². The van der Waals surface area contributed by atoms with Crippen LogP contribution in [-0.4, -0.2) is 18.2 Å². The molecule has 7 heteroatoms. The van der Waals surface area contributed by atoms with Crippen LogP contribution in [0.5, 0.6) is 5.75 Å². The van der Waals surface area contributed by atoms with E-state index in [2.05, 4.69) is 0 Å². The van der Waals surface area contributed by atoms with Gasteiger partial charge >= 0.3 is 5.97 Å². The molecule has 0 aromatic heterocycles. The maximum atomic E-state index is 10.4. The third kappa shape index (κ3) is 4.06. The highest BCUT2D eigenvalue weighted by molar-refractivity contribution is 6.49. The van der Waals surface area contributed by atoms with Crippen LogP contribution in [0.25, 0.3) is 0 Å². The number of benzene rings is 1. The highest BCUT2D eigenvalue weighted by Gasteiger charge is 2.20. The van der Waals surface area contributed by atoms with E-state index in [-0.39, 0.29) is 22.2 Å². The van der Waals surface area contributed by atoms with Crippen LogP contribution >= 0.6 is 46.4 Å². The van der Waals surface area contributed by atoms with E-state index in [0.717, 1.165) is 0 Å². The molecule has 0 spiro atoms. The van der Waals surface area contributed by atoms with Crippen molar-refractivity contribution in [1.82, 2.24) is 0 Å². The summed E-state index contributed by atoms with van der Waals surface area (Å²) in [4.78, 5) is 10.4. The molecule has 0 amide bonds. The molecule has 0 aliphatic rings. The number of aliphatic carboxylic acids is 1. The van der Waals surface area contributed by atoms with Gasteiger partial charge in [0.25, 0.3) is 0 Å². The van der Waals surface area contributed by atoms with Gasteiger partial charge in [0.05, 0.1) is 17.2 Å². The van der Waals surface area contributed by atoms with Gasteiger partial charge in [-0.1, -0.05) is 46.4 Å². The first-order valence-electron chi connectivity index (χ1n) is 5.50. The molecule has 0 aliphatic heterocycles. The molecule has 0 saturated carbocycles. The van der Waals surface area contributed by atoms with Crippen LogP contribution in [0.2, 0.25) is 20.1 Å². The Bertz CT molecular complexity index is 459. The lowest BCUT2D eigenvalue weighted by atomic mass is 10.1. The quantitative estimate of drug-likeness (QED) is 0.575. The molecule has 1 N–H and O–H groups in total. The van der Waals surface area contributed by atoms with Gasteiger partial charge in [0.1, 0.15) is 10.0 Å². The zero-order valence-electron chi connectivity index (χ0n) is 10.1. The predicted octanol–water partition coefficient (Wildman–Crippen LogP) is 5.11. The Kier molecular flexibility index (Phi) is 6.54. The van der Waals surface area contributed by atoms with Crippen LogP contribution in [0.4, 0.5) is 0 Å². The fourth-order valence-electron chi connectivity index (χ4n) is 1.63. The number of hydrogen-bond acceptors (Lipinski definition) is 2. The molecule has 1 aromatic carbocycles. The smallest absolute Gasteiger partial charge is 0.303 e. The highest BCUT2D eigenvalue weighted by Crippen LogP contribution is 2.46. The number of hydrogen-bond donors (Lipinski definition) is 1. The van der Waals surface area contributed by atoms with E-state index in [0.29, 0.717) is 34.9 Å². The fraction of sp³-hybridized carbons (Fsp3) is 0.417. The molecule has 0 atom stereocenters. The van der Waals surface area contributed by atoms with E-state index >= 15 is 0 Å². The van der Waals surface area contributed by atoms with Crippen molar-refractivity contribution in [3.8, 4) is 5.75 Å². The summed E-state index contributed by atoms with van der Waals surface area (Å²) in [5.74, 6) is -0.587. The zero-order valence-corrected chi connectivity index (χ0v) is 13.1. The van der Waals surface area contributed by atoms with Crippen molar-refractivity contribution in [2.24, 2.45) is 0 Å². The minimum absolute atomic E-state index is 0.104. The van der Waals surface area contributed by atoms with Crippen molar-refractivity contribution in [2.75, 3.05) is 7.11 Å². The number of rotatable bonds is 6. The van der Waals surface area contributed by atoms with Gasteiger partial charge < -0.3 is 9.84 Å². The molecule has 1 rings (SSSR count). The summed E-state index contributed by atoms with van der Waals surface area (Å²) in [6.07, 6.45) is 1.77. The highest BCUT2D eigenvalue weighted by atomic mass is 35.5. The van der Waals surface area contributed by atoms with E-state index in [1.165, 1.54) is 7.11 Å². The standard InChI is InChI=1S/C12H12Cl4O3/c1-19-12-10(15)8(13)6(9(14)11(12)16)4-2-3-5-7(17)18/h2-5H2,1H3,(H,17,18). The first kappa shape index (κ1) is 16.7. The third-order valence-corrected chi connectivity index (χ3v) is 4.33. The van der Waals surface area contributed by atoms with Crippen molar-refractivity contribution in [1.29, 1.82) is 0 Å². The molecule has 0 radical (unpaired) electrons. The summed E-state index contributed by atoms with van der Waals surface area (Å²) in [6, 6.07) is 0. The molecule has 106 valence electrons. The number of carboxylic acids is 1. The number of halogens is 4. The topological polar surface area (TPSA) is 46.5 Å². The SMILES string of the molecule is COc1c(Cl)c(Cl)c(CCCCC(=O)O)c(Cl)c1Cl. The van der Waals surface area contributed by atoms with Gasteiger partial charge in [0.2, 0.25) is 0 Å². The Morgan fingerprint density at radius 3 is 2.00 bits per heavy atom. The zero-order chi connectivity index (χ0) is 14.6. The number of methoxy groups -OCH3 is 1. The van der Waals surface area contributed by atoms with Gasteiger partial charge in [-0.25, -0.2) is 0 Å². The number of carboxylic acid groups (broad SMARTS) is 1. The molecule has 0 saturated heterocycles. The minimum atomic E-state index is -0.831. The van der Waals surface area contributed by atoms with Gasteiger partial charge in [-0.3, -0.25) is 4.79 Å². The Labute approximate surface area is 131 Å². The molecule has 0 aliphatic carbocycles. The Morgan fingerprint density at radius 1 is 1.05 bits per heavy atom. The Balaban J connectivity index is 2.93. The summed E-state index contributed by atoms with van der Waals surface area (Å²) >= 11 is 24.3. The average Bonchev–Trinajstić information content (AvgIpc) is 2.36.